The first-order valence-corrected chi connectivity index (χ1v) is 6.18. The SMILES string of the molecule is O=c1ccccn1CCOc1ccc([N+](=O)[O-])c(Cl)c1. The van der Waals surface area contributed by atoms with Crippen LogP contribution in [0.2, 0.25) is 5.02 Å². The largest absolute Gasteiger partial charge is 0.492 e. The van der Waals surface area contributed by atoms with Gasteiger partial charge in [-0.25, -0.2) is 0 Å². The Bertz CT molecular complexity index is 684. The standard InChI is InChI=1S/C13H11ClN2O4/c14-11-9-10(4-5-12(11)16(18)19)20-8-7-15-6-2-1-3-13(15)17/h1-6,9H,7-8H2. The molecular weight excluding hydrogens is 284 g/mol. The molecule has 1 aromatic carbocycles. The minimum atomic E-state index is -0.560. The summed E-state index contributed by atoms with van der Waals surface area (Å²) in [7, 11) is 0. The molecular formula is C13H11ClN2O4. The fraction of sp³-hybridized carbons (Fsp3) is 0.154. The summed E-state index contributed by atoms with van der Waals surface area (Å²) in [4.78, 5) is 21.5. The van der Waals surface area contributed by atoms with Gasteiger partial charge in [0.2, 0.25) is 0 Å². The van der Waals surface area contributed by atoms with Gasteiger partial charge in [-0.1, -0.05) is 17.7 Å². The fourth-order valence-corrected chi connectivity index (χ4v) is 1.87. The third kappa shape index (κ3) is 3.36. The van der Waals surface area contributed by atoms with E-state index >= 15 is 0 Å². The highest BCUT2D eigenvalue weighted by Gasteiger charge is 2.12. The number of nitro groups is 1. The molecule has 0 fully saturated rings. The molecule has 0 aliphatic heterocycles. The van der Waals surface area contributed by atoms with Crippen molar-refractivity contribution in [3.8, 4) is 5.75 Å². The van der Waals surface area contributed by atoms with Crippen LogP contribution in [0, 0.1) is 10.1 Å². The number of benzene rings is 1. The molecule has 2 aromatic rings. The molecule has 0 atom stereocenters. The van der Waals surface area contributed by atoms with Gasteiger partial charge in [0.05, 0.1) is 11.5 Å². The molecule has 1 aromatic heterocycles. The molecule has 104 valence electrons. The highest BCUT2D eigenvalue weighted by Crippen LogP contribution is 2.28. The van der Waals surface area contributed by atoms with Crippen molar-refractivity contribution in [3.63, 3.8) is 0 Å². The Kier molecular flexibility index (Phi) is 4.37. The summed E-state index contributed by atoms with van der Waals surface area (Å²) in [5.41, 5.74) is -0.281. The summed E-state index contributed by atoms with van der Waals surface area (Å²) >= 11 is 5.77. The summed E-state index contributed by atoms with van der Waals surface area (Å²) < 4.78 is 6.92. The zero-order chi connectivity index (χ0) is 14.5. The molecule has 0 unspecified atom stereocenters. The van der Waals surface area contributed by atoms with E-state index in [9.17, 15) is 14.9 Å². The average molecular weight is 295 g/mol. The van der Waals surface area contributed by atoms with Gasteiger partial charge < -0.3 is 9.30 Å². The first kappa shape index (κ1) is 14.1. The van der Waals surface area contributed by atoms with E-state index in [1.54, 1.807) is 18.3 Å². The maximum absolute atomic E-state index is 11.4. The van der Waals surface area contributed by atoms with Gasteiger partial charge in [0.1, 0.15) is 17.4 Å². The molecule has 7 heteroatoms. The van der Waals surface area contributed by atoms with Crippen molar-refractivity contribution in [1.29, 1.82) is 0 Å². The van der Waals surface area contributed by atoms with E-state index in [2.05, 4.69) is 0 Å². The molecule has 0 saturated heterocycles. The molecule has 0 spiro atoms. The lowest BCUT2D eigenvalue weighted by Crippen LogP contribution is -2.21. The molecule has 6 nitrogen and oxygen atoms in total. The number of hydrogen-bond donors (Lipinski definition) is 0. The van der Waals surface area contributed by atoms with E-state index in [0.29, 0.717) is 12.3 Å². The van der Waals surface area contributed by atoms with Crippen molar-refractivity contribution >= 4 is 17.3 Å². The lowest BCUT2D eigenvalue weighted by Gasteiger charge is -2.08. The monoisotopic (exact) mass is 294 g/mol. The number of nitrogens with zero attached hydrogens (tertiary/aromatic N) is 2. The van der Waals surface area contributed by atoms with Gasteiger partial charge >= 0.3 is 0 Å². The minimum absolute atomic E-state index is 0.0179. The van der Waals surface area contributed by atoms with Crippen LogP contribution in [-0.4, -0.2) is 16.1 Å². The van der Waals surface area contributed by atoms with Gasteiger partial charge in [-0.3, -0.25) is 14.9 Å². The zero-order valence-electron chi connectivity index (χ0n) is 10.4. The van der Waals surface area contributed by atoms with Crippen LogP contribution in [0.5, 0.6) is 5.75 Å². The fourth-order valence-electron chi connectivity index (χ4n) is 1.63. The van der Waals surface area contributed by atoms with Crippen LogP contribution in [0.4, 0.5) is 5.69 Å². The Morgan fingerprint density at radius 1 is 1.30 bits per heavy atom. The van der Waals surface area contributed by atoms with Gasteiger partial charge in [-0.2, -0.15) is 0 Å². The highest BCUT2D eigenvalue weighted by molar-refractivity contribution is 6.32. The van der Waals surface area contributed by atoms with E-state index in [4.69, 9.17) is 16.3 Å². The average Bonchev–Trinajstić information content (AvgIpc) is 2.40. The lowest BCUT2D eigenvalue weighted by atomic mass is 10.3. The first-order valence-electron chi connectivity index (χ1n) is 5.80. The number of aromatic nitrogens is 1. The van der Waals surface area contributed by atoms with Crippen molar-refractivity contribution in [3.05, 3.63) is 68.1 Å². The van der Waals surface area contributed by atoms with Gasteiger partial charge in [0, 0.05) is 24.4 Å². The van der Waals surface area contributed by atoms with Gasteiger partial charge in [-0.15, -0.1) is 0 Å². The number of ether oxygens (including phenoxy) is 1. The quantitative estimate of drug-likeness (QED) is 0.627. The van der Waals surface area contributed by atoms with Crippen LogP contribution in [0.3, 0.4) is 0 Å². The summed E-state index contributed by atoms with van der Waals surface area (Å²) in [5, 5.41) is 10.6. The van der Waals surface area contributed by atoms with Crippen molar-refractivity contribution in [2.75, 3.05) is 6.61 Å². The maximum Gasteiger partial charge on any atom is 0.288 e. The lowest BCUT2D eigenvalue weighted by molar-refractivity contribution is -0.384. The highest BCUT2D eigenvalue weighted by atomic mass is 35.5. The molecule has 0 aliphatic rings. The van der Waals surface area contributed by atoms with E-state index in [-0.39, 0.29) is 22.9 Å². The van der Waals surface area contributed by atoms with E-state index in [0.717, 1.165) is 0 Å². The molecule has 0 bridgehead atoms. The molecule has 0 N–H and O–H groups in total. The maximum atomic E-state index is 11.4. The number of nitro benzene ring substituents is 1. The summed E-state index contributed by atoms with van der Waals surface area (Å²) in [6.45, 7) is 0.645. The van der Waals surface area contributed by atoms with Crippen molar-refractivity contribution in [2.24, 2.45) is 0 Å². The second kappa shape index (κ2) is 6.21. The second-order valence-corrected chi connectivity index (χ2v) is 4.36. The van der Waals surface area contributed by atoms with Crippen molar-refractivity contribution < 1.29 is 9.66 Å². The molecule has 0 radical (unpaired) electrons. The van der Waals surface area contributed by atoms with E-state index < -0.39 is 4.92 Å². The van der Waals surface area contributed by atoms with Crippen LogP contribution in [0.1, 0.15) is 0 Å². The molecule has 2 rings (SSSR count). The molecule has 0 saturated carbocycles. The third-order valence-corrected chi connectivity index (χ3v) is 2.92. The molecule has 0 aliphatic carbocycles. The Hall–Kier alpha value is -2.34. The number of halogens is 1. The Morgan fingerprint density at radius 2 is 2.10 bits per heavy atom. The van der Waals surface area contributed by atoms with Crippen molar-refractivity contribution in [1.82, 2.24) is 4.57 Å². The van der Waals surface area contributed by atoms with Crippen LogP contribution in [0.25, 0.3) is 0 Å². The zero-order valence-corrected chi connectivity index (χ0v) is 11.1. The minimum Gasteiger partial charge on any atom is -0.492 e. The van der Waals surface area contributed by atoms with Crippen LogP contribution in [-0.2, 0) is 6.54 Å². The molecule has 20 heavy (non-hydrogen) atoms. The summed E-state index contributed by atoms with van der Waals surface area (Å²) in [6, 6.07) is 9.01. The van der Waals surface area contributed by atoms with Crippen LogP contribution in [0.15, 0.2) is 47.4 Å². The smallest absolute Gasteiger partial charge is 0.288 e. The van der Waals surface area contributed by atoms with E-state index in [1.807, 2.05) is 0 Å². The summed E-state index contributed by atoms with van der Waals surface area (Å²) in [5.74, 6) is 0.421. The number of pyridine rings is 1. The Morgan fingerprint density at radius 3 is 2.75 bits per heavy atom. The van der Waals surface area contributed by atoms with Crippen LogP contribution < -0.4 is 10.3 Å². The second-order valence-electron chi connectivity index (χ2n) is 3.95. The first-order chi connectivity index (χ1) is 9.58. The normalized spacial score (nSPS) is 10.2. The Labute approximate surface area is 119 Å². The Balaban J connectivity index is 1.98. The molecule has 1 heterocycles. The van der Waals surface area contributed by atoms with Gasteiger partial charge in [0.25, 0.3) is 11.2 Å². The summed E-state index contributed by atoms with van der Waals surface area (Å²) in [6.07, 6.45) is 1.66. The number of rotatable bonds is 5. The van der Waals surface area contributed by atoms with Gasteiger partial charge in [0.15, 0.2) is 0 Å². The predicted octanol–water partition coefficient (Wildman–Crippen LogP) is 2.49. The third-order valence-electron chi connectivity index (χ3n) is 2.62. The topological polar surface area (TPSA) is 74.4 Å². The van der Waals surface area contributed by atoms with E-state index in [1.165, 1.54) is 28.8 Å². The van der Waals surface area contributed by atoms with Crippen molar-refractivity contribution in [2.45, 2.75) is 6.54 Å². The van der Waals surface area contributed by atoms with Crippen LogP contribution >= 0.6 is 11.6 Å². The predicted molar refractivity (Wildman–Crippen MR) is 74.3 cm³/mol. The van der Waals surface area contributed by atoms with Gasteiger partial charge in [-0.05, 0) is 12.1 Å². The number of hydrogen-bond acceptors (Lipinski definition) is 4. The molecule has 0 amide bonds.